The van der Waals surface area contributed by atoms with Crippen LogP contribution in [-0.4, -0.2) is 18.0 Å². The Bertz CT molecular complexity index is 144. The van der Waals surface area contributed by atoms with Gasteiger partial charge in [0.1, 0.15) is 0 Å². The summed E-state index contributed by atoms with van der Waals surface area (Å²) in [5.74, 6) is 1.84. The van der Waals surface area contributed by atoms with E-state index in [0.29, 0.717) is 11.8 Å². The van der Waals surface area contributed by atoms with E-state index in [-0.39, 0.29) is 0 Å². The van der Waals surface area contributed by atoms with E-state index in [1.165, 1.54) is 12.8 Å². The van der Waals surface area contributed by atoms with E-state index in [1.54, 1.807) is 0 Å². The van der Waals surface area contributed by atoms with Gasteiger partial charge in [0.15, 0.2) is 6.29 Å². The van der Waals surface area contributed by atoms with Crippen molar-refractivity contribution >= 4 is 0 Å². The van der Waals surface area contributed by atoms with Crippen molar-refractivity contribution in [3.05, 3.63) is 0 Å². The molecule has 1 N–H and O–H groups in total. The third-order valence-electron chi connectivity index (χ3n) is 3.30. The number of rotatable bonds is 0. The summed E-state index contributed by atoms with van der Waals surface area (Å²) < 4.78 is 5.22. The highest BCUT2D eigenvalue weighted by Crippen LogP contribution is 2.43. The molecule has 1 aliphatic heterocycles. The molecule has 1 saturated heterocycles. The highest BCUT2D eigenvalue weighted by Gasteiger charge is 2.40. The first kappa shape index (κ1) is 7.56. The third kappa shape index (κ3) is 1.18. The van der Waals surface area contributed by atoms with Gasteiger partial charge in [0.2, 0.25) is 0 Å². The van der Waals surface area contributed by atoms with Gasteiger partial charge in [-0.25, -0.2) is 0 Å². The molecule has 2 nitrogen and oxygen atoms in total. The van der Waals surface area contributed by atoms with Crippen LogP contribution >= 0.6 is 0 Å². The van der Waals surface area contributed by atoms with E-state index in [4.69, 9.17) is 4.74 Å². The van der Waals surface area contributed by atoms with Gasteiger partial charge in [-0.05, 0) is 31.1 Å². The average Bonchev–Trinajstić information content (AvgIpc) is 2.34. The Hall–Kier alpha value is -0.0800. The van der Waals surface area contributed by atoms with Crippen LogP contribution in [0.3, 0.4) is 0 Å². The van der Waals surface area contributed by atoms with Crippen LogP contribution in [0.1, 0.15) is 26.2 Å². The van der Waals surface area contributed by atoms with E-state index in [9.17, 15) is 5.11 Å². The average molecular weight is 156 g/mol. The van der Waals surface area contributed by atoms with Crippen LogP contribution < -0.4 is 0 Å². The summed E-state index contributed by atoms with van der Waals surface area (Å²) >= 11 is 0. The molecule has 2 aliphatic rings. The maximum Gasteiger partial charge on any atom is 0.157 e. The van der Waals surface area contributed by atoms with Gasteiger partial charge in [-0.2, -0.15) is 0 Å². The van der Waals surface area contributed by atoms with E-state index in [1.807, 2.05) is 0 Å². The molecular weight excluding hydrogens is 140 g/mol. The van der Waals surface area contributed by atoms with Crippen molar-refractivity contribution in [2.75, 3.05) is 6.61 Å². The van der Waals surface area contributed by atoms with Crippen molar-refractivity contribution in [3.8, 4) is 0 Å². The molecule has 1 unspecified atom stereocenters. The molecule has 1 heterocycles. The van der Waals surface area contributed by atoms with Gasteiger partial charge >= 0.3 is 0 Å². The van der Waals surface area contributed by atoms with E-state index in [2.05, 4.69) is 6.92 Å². The van der Waals surface area contributed by atoms with Crippen LogP contribution in [0.5, 0.6) is 0 Å². The lowest BCUT2D eigenvalue weighted by atomic mass is 9.86. The molecule has 0 amide bonds. The van der Waals surface area contributed by atoms with Gasteiger partial charge in [-0.15, -0.1) is 0 Å². The molecular formula is C9H16O2. The minimum absolute atomic E-state index is 0.434. The summed E-state index contributed by atoms with van der Waals surface area (Å²) in [5.41, 5.74) is 0. The van der Waals surface area contributed by atoms with Gasteiger partial charge in [0.25, 0.3) is 0 Å². The van der Waals surface area contributed by atoms with Crippen molar-refractivity contribution in [2.24, 2.45) is 17.8 Å². The van der Waals surface area contributed by atoms with Crippen molar-refractivity contribution in [3.63, 3.8) is 0 Å². The molecule has 0 bridgehead atoms. The maximum atomic E-state index is 9.53. The molecule has 0 aromatic heterocycles. The highest BCUT2D eigenvalue weighted by atomic mass is 16.6. The SMILES string of the molecule is C[C@H]1CC[C@@H]2CCOC(O)[C@@H]21. The van der Waals surface area contributed by atoms with Gasteiger partial charge < -0.3 is 9.84 Å². The Labute approximate surface area is 67.6 Å². The van der Waals surface area contributed by atoms with Gasteiger partial charge in [0, 0.05) is 5.92 Å². The Morgan fingerprint density at radius 2 is 2.09 bits per heavy atom. The van der Waals surface area contributed by atoms with Gasteiger partial charge in [-0.3, -0.25) is 0 Å². The Morgan fingerprint density at radius 3 is 2.82 bits per heavy atom. The smallest absolute Gasteiger partial charge is 0.157 e. The molecule has 1 aliphatic carbocycles. The standard InChI is InChI=1S/C9H16O2/c1-6-2-3-7-4-5-11-9(10)8(6)7/h6-10H,2-5H2,1H3/t6-,7+,8+,9?/m0/s1. The Morgan fingerprint density at radius 1 is 1.27 bits per heavy atom. The first-order valence-electron chi connectivity index (χ1n) is 4.58. The fourth-order valence-corrected chi connectivity index (χ4v) is 2.63. The first-order valence-corrected chi connectivity index (χ1v) is 4.58. The Kier molecular flexibility index (Phi) is 1.90. The van der Waals surface area contributed by atoms with Crippen LogP contribution in [0.2, 0.25) is 0 Å². The Balaban J connectivity index is 2.08. The normalized spacial score (nSPS) is 50.7. The quantitative estimate of drug-likeness (QED) is 0.574. The van der Waals surface area contributed by atoms with Crippen LogP contribution in [0, 0.1) is 17.8 Å². The van der Waals surface area contributed by atoms with E-state index < -0.39 is 6.29 Å². The van der Waals surface area contributed by atoms with Crippen LogP contribution in [0.25, 0.3) is 0 Å². The maximum absolute atomic E-state index is 9.53. The summed E-state index contributed by atoms with van der Waals surface area (Å²) in [4.78, 5) is 0. The van der Waals surface area contributed by atoms with Crippen molar-refractivity contribution in [1.29, 1.82) is 0 Å². The van der Waals surface area contributed by atoms with Crippen LogP contribution in [0.4, 0.5) is 0 Å². The lowest BCUT2D eigenvalue weighted by molar-refractivity contribution is -0.178. The van der Waals surface area contributed by atoms with Gasteiger partial charge in [0.05, 0.1) is 6.61 Å². The molecule has 0 spiro atoms. The second kappa shape index (κ2) is 2.76. The van der Waals surface area contributed by atoms with E-state index in [0.717, 1.165) is 18.9 Å². The zero-order valence-electron chi connectivity index (χ0n) is 6.99. The summed E-state index contributed by atoms with van der Waals surface area (Å²) in [6.07, 6.45) is 3.26. The monoisotopic (exact) mass is 156 g/mol. The van der Waals surface area contributed by atoms with Crippen LogP contribution in [0.15, 0.2) is 0 Å². The van der Waals surface area contributed by atoms with Crippen molar-refractivity contribution in [1.82, 2.24) is 0 Å². The summed E-state index contributed by atoms with van der Waals surface area (Å²) in [6.45, 7) is 2.98. The summed E-state index contributed by atoms with van der Waals surface area (Å²) in [5, 5.41) is 9.53. The third-order valence-corrected chi connectivity index (χ3v) is 3.30. The molecule has 0 aromatic rings. The predicted octanol–water partition coefficient (Wildman–Crippen LogP) is 1.39. The first-order chi connectivity index (χ1) is 5.29. The molecule has 1 saturated carbocycles. The van der Waals surface area contributed by atoms with Gasteiger partial charge in [-0.1, -0.05) is 6.92 Å². The number of aliphatic hydroxyl groups excluding tert-OH is 1. The van der Waals surface area contributed by atoms with Crippen LogP contribution in [-0.2, 0) is 4.74 Å². The minimum atomic E-state index is -0.466. The lowest BCUT2D eigenvalue weighted by Gasteiger charge is -2.32. The molecule has 4 atom stereocenters. The summed E-state index contributed by atoms with van der Waals surface area (Å²) in [7, 11) is 0. The zero-order chi connectivity index (χ0) is 7.84. The lowest BCUT2D eigenvalue weighted by Crippen LogP contribution is -2.35. The second-order valence-electron chi connectivity index (χ2n) is 3.94. The molecule has 2 heteroatoms. The number of hydrogen-bond donors (Lipinski definition) is 1. The predicted molar refractivity (Wildman–Crippen MR) is 42.0 cm³/mol. The minimum Gasteiger partial charge on any atom is -0.368 e. The molecule has 2 fully saturated rings. The number of fused-ring (bicyclic) bond motifs is 1. The van der Waals surface area contributed by atoms with Crippen molar-refractivity contribution < 1.29 is 9.84 Å². The molecule has 2 rings (SSSR count). The number of hydrogen-bond acceptors (Lipinski definition) is 2. The van der Waals surface area contributed by atoms with E-state index >= 15 is 0 Å². The topological polar surface area (TPSA) is 29.5 Å². The second-order valence-corrected chi connectivity index (χ2v) is 3.94. The fourth-order valence-electron chi connectivity index (χ4n) is 2.63. The molecule has 64 valence electrons. The summed E-state index contributed by atoms with van der Waals surface area (Å²) in [6, 6.07) is 0. The van der Waals surface area contributed by atoms with Crippen molar-refractivity contribution in [2.45, 2.75) is 32.5 Å². The largest absolute Gasteiger partial charge is 0.368 e. The number of aliphatic hydroxyl groups is 1. The fraction of sp³-hybridized carbons (Fsp3) is 1.00. The number of ether oxygens (including phenoxy) is 1. The molecule has 11 heavy (non-hydrogen) atoms. The molecule has 0 radical (unpaired) electrons. The zero-order valence-corrected chi connectivity index (χ0v) is 6.99. The highest BCUT2D eigenvalue weighted by molar-refractivity contribution is 4.86. The molecule has 0 aromatic carbocycles.